The number of alkyl halides is 20. The van der Waals surface area contributed by atoms with E-state index in [0.29, 0.717) is 0 Å². The number of allylic oxidation sites excluding steroid dienone is 1. The third kappa shape index (κ3) is 3.91. The van der Waals surface area contributed by atoms with E-state index >= 15 is 0 Å². The zero-order chi connectivity index (χ0) is 30.2. The lowest BCUT2D eigenvalue weighted by Crippen LogP contribution is -2.77. The van der Waals surface area contributed by atoms with E-state index < -0.39 is 71.3 Å². The van der Waals surface area contributed by atoms with Crippen molar-refractivity contribution in [3.05, 3.63) is 11.9 Å². The SMILES string of the molecule is OC(F)(F)C(F)(F)C(F)(F)C(F)(F)C(F)(F)C(F)(F)C(F)(F)C(F)(F)C(F)(F)C(F)(F)C(F)=C(F)F. The van der Waals surface area contributed by atoms with Gasteiger partial charge in [0.1, 0.15) is 0 Å². The van der Waals surface area contributed by atoms with Gasteiger partial charge in [0.25, 0.3) is 0 Å². The molecule has 0 aromatic rings. The molecule has 0 unspecified atom stereocenters. The van der Waals surface area contributed by atoms with Crippen molar-refractivity contribution in [2.24, 2.45) is 0 Å². The van der Waals surface area contributed by atoms with Gasteiger partial charge in [0.15, 0.2) is 0 Å². The molecule has 0 atom stereocenters. The third-order valence-corrected chi connectivity index (χ3v) is 3.97. The van der Waals surface area contributed by atoms with Crippen LogP contribution in [0.4, 0.5) is 101 Å². The zero-order valence-corrected chi connectivity index (χ0v) is 15.1. The Morgan fingerprint density at radius 2 is 0.528 bits per heavy atom. The average molecular weight is 598 g/mol. The molecule has 36 heavy (non-hydrogen) atoms. The summed E-state index contributed by atoms with van der Waals surface area (Å²) in [5, 5.41) is 7.41. The molecule has 0 saturated carbocycles. The average Bonchev–Trinajstić information content (AvgIpc) is 2.64. The Labute approximate surface area is 179 Å². The van der Waals surface area contributed by atoms with Crippen molar-refractivity contribution in [2.45, 2.75) is 59.4 Å². The summed E-state index contributed by atoms with van der Waals surface area (Å²) in [6, 6.07) is 0. The molecule has 1 N–H and O–H groups in total. The van der Waals surface area contributed by atoms with Crippen molar-refractivity contribution in [3.8, 4) is 0 Å². The minimum absolute atomic E-state index is 4.76. The van der Waals surface area contributed by atoms with Gasteiger partial charge in [-0.05, 0) is 0 Å². The number of aliphatic hydroxyl groups is 1. The Balaban J connectivity index is 7.21. The van der Waals surface area contributed by atoms with Crippen LogP contribution >= 0.6 is 0 Å². The van der Waals surface area contributed by atoms with Crippen LogP contribution in [0.2, 0.25) is 0 Å². The zero-order valence-electron chi connectivity index (χ0n) is 15.1. The van der Waals surface area contributed by atoms with Crippen LogP contribution in [-0.2, 0) is 0 Å². The molecule has 0 rings (SSSR count). The fourth-order valence-corrected chi connectivity index (χ4v) is 1.83. The van der Waals surface area contributed by atoms with Gasteiger partial charge in [-0.2, -0.15) is 101 Å². The summed E-state index contributed by atoms with van der Waals surface area (Å²) in [7, 11) is 0. The summed E-state index contributed by atoms with van der Waals surface area (Å²) in [5.41, 5.74) is 0. The Morgan fingerprint density at radius 3 is 0.722 bits per heavy atom. The van der Waals surface area contributed by atoms with Crippen LogP contribution in [0, 0.1) is 0 Å². The molecule has 0 fully saturated rings. The first-order valence-electron chi connectivity index (χ1n) is 7.32. The van der Waals surface area contributed by atoms with Gasteiger partial charge >= 0.3 is 65.5 Å². The van der Waals surface area contributed by atoms with Crippen LogP contribution in [0.5, 0.6) is 0 Å². The summed E-state index contributed by atoms with van der Waals surface area (Å²) < 4.78 is 296. The summed E-state index contributed by atoms with van der Waals surface area (Å²) in [5.74, 6) is -85.5. The monoisotopic (exact) mass is 598 g/mol. The minimum Gasteiger partial charge on any atom is -0.331 e. The molecule has 0 aliphatic rings. The quantitative estimate of drug-likeness (QED) is 0.261. The van der Waals surface area contributed by atoms with Gasteiger partial charge < -0.3 is 5.11 Å². The Hall–Kier alpha value is -1.91. The van der Waals surface area contributed by atoms with E-state index in [2.05, 4.69) is 0 Å². The molecule has 0 bridgehead atoms. The standard InChI is InChI=1S/C12HF23O/c13-1(2(14)15)3(16,17)4(18,19)5(20,21)6(22,23)7(24,25)8(26,27)9(28,29)10(30,31)11(32,33)12(34,35)36/h36H. The fourth-order valence-electron chi connectivity index (χ4n) is 1.83. The van der Waals surface area contributed by atoms with E-state index in [1.807, 2.05) is 0 Å². The van der Waals surface area contributed by atoms with Gasteiger partial charge in [-0.15, -0.1) is 0 Å². The third-order valence-electron chi connectivity index (χ3n) is 3.97. The van der Waals surface area contributed by atoms with Gasteiger partial charge in [-0.1, -0.05) is 0 Å². The van der Waals surface area contributed by atoms with E-state index in [0.717, 1.165) is 0 Å². The summed E-state index contributed by atoms with van der Waals surface area (Å²) in [6.45, 7) is 0. The highest BCUT2D eigenvalue weighted by atomic mass is 19.4. The molecular weight excluding hydrogens is 597 g/mol. The minimum atomic E-state index is -9.38. The van der Waals surface area contributed by atoms with Crippen molar-refractivity contribution >= 4 is 0 Å². The highest BCUT2D eigenvalue weighted by Gasteiger charge is 2.98. The smallest absolute Gasteiger partial charge is 0.331 e. The molecule has 1 nitrogen and oxygen atoms in total. The van der Waals surface area contributed by atoms with Crippen molar-refractivity contribution in [1.29, 1.82) is 0 Å². The molecule has 0 heterocycles. The van der Waals surface area contributed by atoms with Crippen molar-refractivity contribution in [2.75, 3.05) is 0 Å². The summed E-state index contributed by atoms with van der Waals surface area (Å²) in [4.78, 5) is 0. The highest BCUT2D eigenvalue weighted by Crippen LogP contribution is 2.66. The molecule has 0 aliphatic carbocycles. The summed E-state index contributed by atoms with van der Waals surface area (Å²) in [6.07, 6.45) is -12.4. The first-order valence-corrected chi connectivity index (χ1v) is 7.32. The molecule has 0 aliphatic heterocycles. The topological polar surface area (TPSA) is 20.2 Å². The second kappa shape index (κ2) is 8.30. The van der Waals surface area contributed by atoms with Crippen molar-refractivity contribution in [1.82, 2.24) is 0 Å². The number of halogens is 23. The van der Waals surface area contributed by atoms with Crippen molar-refractivity contribution < 1.29 is 106 Å². The van der Waals surface area contributed by atoms with Gasteiger partial charge in [-0.3, -0.25) is 0 Å². The van der Waals surface area contributed by atoms with Gasteiger partial charge in [0.2, 0.25) is 5.83 Å². The highest BCUT2D eigenvalue weighted by molar-refractivity contribution is 5.21. The Bertz CT molecular complexity index is 855. The molecule has 0 amide bonds. The largest absolute Gasteiger partial charge is 0.423 e. The van der Waals surface area contributed by atoms with E-state index in [1.165, 1.54) is 0 Å². The second-order valence-corrected chi connectivity index (χ2v) is 6.29. The molecule has 0 saturated heterocycles. The van der Waals surface area contributed by atoms with Crippen LogP contribution in [0.25, 0.3) is 0 Å². The predicted octanol–water partition coefficient (Wildman–Crippen LogP) is 7.37. The maximum absolute atomic E-state index is 13.3. The van der Waals surface area contributed by atoms with E-state index in [-0.39, 0.29) is 0 Å². The molecule has 0 aromatic carbocycles. The van der Waals surface area contributed by atoms with Crippen molar-refractivity contribution in [3.63, 3.8) is 0 Å². The predicted molar refractivity (Wildman–Crippen MR) is 62.0 cm³/mol. The lowest BCUT2D eigenvalue weighted by atomic mass is 9.86. The molecule has 24 heteroatoms. The second-order valence-electron chi connectivity index (χ2n) is 6.29. The number of rotatable bonds is 10. The maximum Gasteiger partial charge on any atom is 0.423 e. The van der Waals surface area contributed by atoms with E-state index in [1.54, 1.807) is 0 Å². The fraction of sp³-hybridized carbons (Fsp3) is 0.833. The van der Waals surface area contributed by atoms with Crippen LogP contribution in [0.1, 0.15) is 0 Å². The molecule has 0 aromatic heterocycles. The Kier molecular flexibility index (Phi) is 7.86. The van der Waals surface area contributed by atoms with Gasteiger partial charge in [0.05, 0.1) is 0 Å². The van der Waals surface area contributed by atoms with E-state index in [4.69, 9.17) is 5.11 Å². The normalized spacial score (nSPS) is 16.3. The molecular formula is C12HF23O. The maximum atomic E-state index is 13.3. The van der Waals surface area contributed by atoms with Crippen LogP contribution in [0.3, 0.4) is 0 Å². The Morgan fingerprint density at radius 1 is 0.333 bits per heavy atom. The van der Waals surface area contributed by atoms with Crippen LogP contribution in [0.15, 0.2) is 11.9 Å². The van der Waals surface area contributed by atoms with E-state index in [9.17, 15) is 101 Å². The lowest BCUT2D eigenvalue weighted by molar-refractivity contribution is -0.478. The molecule has 0 radical (unpaired) electrons. The number of hydrogen-bond donors (Lipinski definition) is 1. The first-order chi connectivity index (χ1) is 15.1. The molecule has 216 valence electrons. The van der Waals surface area contributed by atoms with Gasteiger partial charge in [-0.25, -0.2) is 0 Å². The first kappa shape index (κ1) is 34.1. The molecule has 0 spiro atoms. The van der Waals surface area contributed by atoms with Crippen LogP contribution in [-0.4, -0.2) is 64.5 Å². The summed E-state index contributed by atoms with van der Waals surface area (Å²) >= 11 is 0. The van der Waals surface area contributed by atoms with Crippen LogP contribution < -0.4 is 0 Å². The lowest BCUT2D eigenvalue weighted by Gasteiger charge is -2.44. The number of hydrogen-bond acceptors (Lipinski definition) is 1. The van der Waals surface area contributed by atoms with Gasteiger partial charge in [0, 0.05) is 0 Å².